The van der Waals surface area contributed by atoms with Crippen molar-refractivity contribution in [3.8, 4) is 5.75 Å². The topological polar surface area (TPSA) is 93.2 Å². The van der Waals surface area contributed by atoms with Gasteiger partial charge in [-0.3, -0.25) is 9.59 Å². The van der Waals surface area contributed by atoms with E-state index in [0.717, 1.165) is 0 Å². The third-order valence-corrected chi connectivity index (χ3v) is 3.95. The number of thioether (sulfide) groups is 1. The predicted molar refractivity (Wildman–Crippen MR) is 97.4 cm³/mol. The van der Waals surface area contributed by atoms with Gasteiger partial charge in [-0.2, -0.15) is 0 Å². The summed E-state index contributed by atoms with van der Waals surface area (Å²) in [6.07, 6.45) is 3.29. The Hall–Kier alpha value is -2.32. The molecule has 2 N–H and O–H groups in total. The molecular formula is C16H17ClN4O3S. The lowest BCUT2D eigenvalue weighted by molar-refractivity contribution is -0.116. The Labute approximate surface area is 154 Å². The number of methoxy groups -OCH3 is 1. The number of hydrogen-bond acceptors (Lipinski definition) is 6. The van der Waals surface area contributed by atoms with E-state index in [2.05, 4.69) is 20.6 Å². The van der Waals surface area contributed by atoms with E-state index >= 15 is 0 Å². The first-order valence-electron chi connectivity index (χ1n) is 7.32. The van der Waals surface area contributed by atoms with Crippen LogP contribution in [0.1, 0.15) is 16.9 Å². The zero-order valence-electron chi connectivity index (χ0n) is 13.7. The second-order valence-electron chi connectivity index (χ2n) is 4.84. The lowest BCUT2D eigenvalue weighted by Gasteiger charge is -2.08. The number of hydrogen-bond donors (Lipinski definition) is 2. The van der Waals surface area contributed by atoms with Gasteiger partial charge in [0, 0.05) is 24.7 Å². The molecule has 0 aliphatic heterocycles. The van der Waals surface area contributed by atoms with Crippen LogP contribution in [0.3, 0.4) is 0 Å². The number of ether oxygens (including phenoxy) is 1. The van der Waals surface area contributed by atoms with Crippen LogP contribution in [0.4, 0.5) is 5.69 Å². The van der Waals surface area contributed by atoms with Gasteiger partial charge >= 0.3 is 0 Å². The van der Waals surface area contributed by atoms with E-state index in [9.17, 15) is 9.59 Å². The first kappa shape index (κ1) is 19.0. The Bertz CT molecular complexity index is 773. The van der Waals surface area contributed by atoms with Crippen LogP contribution in [0.15, 0.2) is 35.6 Å². The highest BCUT2D eigenvalue weighted by Crippen LogP contribution is 2.17. The molecular weight excluding hydrogens is 364 g/mol. The maximum atomic E-state index is 12.1. The molecule has 2 aromatic rings. The Balaban J connectivity index is 1.85. The van der Waals surface area contributed by atoms with E-state index in [4.69, 9.17) is 16.3 Å². The average molecular weight is 381 g/mol. The van der Waals surface area contributed by atoms with Crippen molar-refractivity contribution in [3.63, 3.8) is 0 Å². The highest BCUT2D eigenvalue weighted by atomic mass is 35.5. The summed E-state index contributed by atoms with van der Waals surface area (Å²) >= 11 is 7.25. The normalized spacial score (nSPS) is 10.2. The van der Waals surface area contributed by atoms with Crippen molar-refractivity contribution in [3.05, 3.63) is 41.2 Å². The molecule has 2 rings (SSSR count). The Morgan fingerprint density at radius 3 is 2.88 bits per heavy atom. The van der Waals surface area contributed by atoms with E-state index in [1.54, 1.807) is 37.6 Å². The maximum Gasteiger partial charge on any atom is 0.271 e. The lowest BCUT2D eigenvalue weighted by Crippen LogP contribution is -2.28. The molecule has 1 aromatic carbocycles. The van der Waals surface area contributed by atoms with Crippen LogP contribution < -0.4 is 15.4 Å². The molecule has 9 heteroatoms. The summed E-state index contributed by atoms with van der Waals surface area (Å²) in [4.78, 5) is 32.1. The number of carbonyl (C=O) groups excluding carboxylic acids is 2. The molecule has 1 heterocycles. The Morgan fingerprint density at radius 1 is 1.36 bits per heavy atom. The molecule has 0 unspecified atom stereocenters. The summed E-state index contributed by atoms with van der Waals surface area (Å²) in [5.74, 6) is -0.0295. The standard InChI is InChI=1S/C16H17ClN4O3S/c1-24-11-5-3-4-10(8-11)20-13(22)6-7-18-15(23)14-12(17)9-19-16(21-14)25-2/h3-5,8-9H,6-7H2,1-2H3,(H,18,23)(H,20,22). The second-order valence-corrected chi connectivity index (χ2v) is 6.02. The molecule has 1 aromatic heterocycles. The summed E-state index contributed by atoms with van der Waals surface area (Å²) < 4.78 is 5.09. The molecule has 0 radical (unpaired) electrons. The van der Waals surface area contributed by atoms with Crippen molar-refractivity contribution in [1.29, 1.82) is 0 Å². The first-order valence-corrected chi connectivity index (χ1v) is 8.92. The van der Waals surface area contributed by atoms with E-state index in [1.165, 1.54) is 18.0 Å². The van der Waals surface area contributed by atoms with Crippen molar-refractivity contribution in [2.75, 3.05) is 25.2 Å². The molecule has 0 saturated carbocycles. The number of carbonyl (C=O) groups is 2. The molecule has 2 amide bonds. The minimum atomic E-state index is -0.447. The van der Waals surface area contributed by atoms with E-state index in [0.29, 0.717) is 16.6 Å². The first-order chi connectivity index (χ1) is 12.0. The third kappa shape index (κ3) is 5.61. The van der Waals surface area contributed by atoms with Gasteiger partial charge in [0.2, 0.25) is 5.91 Å². The van der Waals surface area contributed by atoms with E-state index < -0.39 is 5.91 Å². The predicted octanol–water partition coefficient (Wildman–Crippen LogP) is 2.62. The lowest BCUT2D eigenvalue weighted by atomic mass is 10.3. The molecule has 25 heavy (non-hydrogen) atoms. The third-order valence-electron chi connectivity index (χ3n) is 3.11. The van der Waals surface area contributed by atoms with Gasteiger partial charge in [-0.1, -0.05) is 29.4 Å². The maximum absolute atomic E-state index is 12.1. The van der Waals surface area contributed by atoms with Crippen LogP contribution in [0.2, 0.25) is 5.02 Å². The fraction of sp³-hybridized carbons (Fsp3) is 0.250. The number of anilines is 1. The monoisotopic (exact) mass is 380 g/mol. The summed E-state index contributed by atoms with van der Waals surface area (Å²) in [5.41, 5.74) is 0.716. The van der Waals surface area contributed by atoms with E-state index in [-0.39, 0.29) is 29.6 Å². The zero-order chi connectivity index (χ0) is 18.2. The van der Waals surface area contributed by atoms with Gasteiger partial charge in [0.25, 0.3) is 5.91 Å². The fourth-order valence-corrected chi connectivity index (χ4v) is 2.42. The quantitative estimate of drug-likeness (QED) is 0.566. The molecule has 0 saturated heterocycles. The molecule has 0 aliphatic carbocycles. The van der Waals surface area contributed by atoms with Crippen LogP contribution in [0.5, 0.6) is 5.75 Å². The highest BCUT2D eigenvalue weighted by Gasteiger charge is 2.14. The van der Waals surface area contributed by atoms with Gasteiger partial charge in [-0.25, -0.2) is 9.97 Å². The number of rotatable bonds is 7. The highest BCUT2D eigenvalue weighted by molar-refractivity contribution is 7.98. The zero-order valence-corrected chi connectivity index (χ0v) is 15.3. The van der Waals surface area contributed by atoms with Gasteiger partial charge in [-0.15, -0.1) is 0 Å². The van der Waals surface area contributed by atoms with Crippen molar-refractivity contribution in [2.45, 2.75) is 11.6 Å². The number of halogens is 1. The number of benzene rings is 1. The summed E-state index contributed by atoms with van der Waals surface area (Å²) in [6, 6.07) is 7.02. The van der Waals surface area contributed by atoms with Gasteiger partial charge in [0.05, 0.1) is 18.3 Å². The Kier molecular flexibility index (Phi) is 7.03. The Morgan fingerprint density at radius 2 is 2.16 bits per heavy atom. The SMILES string of the molecule is COc1cccc(NC(=O)CCNC(=O)c2nc(SC)ncc2Cl)c1. The van der Waals surface area contributed by atoms with Gasteiger partial charge in [0.15, 0.2) is 10.9 Å². The largest absolute Gasteiger partial charge is 0.497 e. The minimum absolute atomic E-state index is 0.0919. The van der Waals surface area contributed by atoms with Crippen molar-refractivity contribution in [2.24, 2.45) is 0 Å². The van der Waals surface area contributed by atoms with Crippen LogP contribution >= 0.6 is 23.4 Å². The minimum Gasteiger partial charge on any atom is -0.497 e. The summed E-state index contributed by atoms with van der Waals surface area (Å²) in [5, 5.41) is 5.97. The molecule has 0 spiro atoms. The van der Waals surface area contributed by atoms with Crippen molar-refractivity contribution < 1.29 is 14.3 Å². The van der Waals surface area contributed by atoms with Crippen LogP contribution in [0, 0.1) is 0 Å². The van der Waals surface area contributed by atoms with Crippen LogP contribution in [0.25, 0.3) is 0 Å². The summed E-state index contributed by atoms with van der Waals surface area (Å²) in [6.45, 7) is 0.156. The molecule has 0 bridgehead atoms. The second kappa shape index (κ2) is 9.24. The number of nitrogens with zero attached hydrogens (tertiary/aromatic N) is 2. The van der Waals surface area contributed by atoms with Crippen LogP contribution in [-0.2, 0) is 4.79 Å². The molecule has 7 nitrogen and oxygen atoms in total. The average Bonchev–Trinajstić information content (AvgIpc) is 2.62. The van der Waals surface area contributed by atoms with E-state index in [1.807, 2.05) is 0 Å². The van der Waals surface area contributed by atoms with Crippen LogP contribution in [-0.4, -0.2) is 41.7 Å². The molecule has 0 fully saturated rings. The van der Waals surface area contributed by atoms with Crippen molar-refractivity contribution >= 4 is 40.9 Å². The summed E-state index contributed by atoms with van der Waals surface area (Å²) in [7, 11) is 1.55. The van der Waals surface area contributed by atoms with Gasteiger partial charge < -0.3 is 15.4 Å². The number of nitrogens with one attached hydrogen (secondary N) is 2. The van der Waals surface area contributed by atoms with Crippen molar-refractivity contribution in [1.82, 2.24) is 15.3 Å². The van der Waals surface area contributed by atoms with Gasteiger partial charge in [-0.05, 0) is 18.4 Å². The molecule has 0 atom stereocenters. The van der Waals surface area contributed by atoms with Gasteiger partial charge in [0.1, 0.15) is 5.75 Å². The number of amides is 2. The number of aromatic nitrogens is 2. The molecule has 0 aliphatic rings. The fourth-order valence-electron chi connectivity index (χ4n) is 1.91. The smallest absolute Gasteiger partial charge is 0.271 e. The molecule has 132 valence electrons.